The van der Waals surface area contributed by atoms with Crippen LogP contribution in [-0.2, 0) is 4.79 Å². The Hall–Kier alpha value is -3.42. The van der Waals surface area contributed by atoms with Crippen LogP contribution in [0.15, 0.2) is 47.1 Å². The quantitative estimate of drug-likeness (QED) is 0.635. The van der Waals surface area contributed by atoms with Gasteiger partial charge in [0.2, 0.25) is 5.91 Å². The van der Waals surface area contributed by atoms with Crippen molar-refractivity contribution in [2.24, 2.45) is 5.92 Å². The summed E-state index contributed by atoms with van der Waals surface area (Å²) in [5, 5.41) is 0. The van der Waals surface area contributed by atoms with Crippen LogP contribution < -0.4 is 9.80 Å². The fourth-order valence-corrected chi connectivity index (χ4v) is 4.42. The zero-order chi connectivity index (χ0) is 21.4. The predicted octanol–water partition coefficient (Wildman–Crippen LogP) is 2.95. The number of hydrogen-bond donors (Lipinski definition) is 0. The van der Waals surface area contributed by atoms with Crippen LogP contribution >= 0.6 is 0 Å². The first kappa shape index (κ1) is 19.5. The summed E-state index contributed by atoms with van der Waals surface area (Å²) in [4.78, 5) is 41.3. The molecule has 31 heavy (non-hydrogen) atoms. The van der Waals surface area contributed by atoms with Gasteiger partial charge >= 0.3 is 0 Å². The van der Waals surface area contributed by atoms with E-state index in [0.29, 0.717) is 44.1 Å². The lowest BCUT2D eigenvalue weighted by Crippen LogP contribution is -2.45. The average molecular weight is 419 g/mol. The molecule has 0 spiro atoms. The number of furan rings is 1. The second kappa shape index (κ2) is 8.02. The number of fused-ring (bicyclic) bond motifs is 2. The third-order valence-electron chi connectivity index (χ3n) is 6.16. The smallest absolute Gasteiger partial charge is 0.289 e. The van der Waals surface area contributed by atoms with E-state index in [0.717, 1.165) is 29.8 Å². The first-order chi connectivity index (χ1) is 15.1. The van der Waals surface area contributed by atoms with Crippen LogP contribution in [0.3, 0.4) is 0 Å². The molecule has 0 atom stereocenters. The normalized spacial score (nSPS) is 17.5. The summed E-state index contributed by atoms with van der Waals surface area (Å²) < 4.78 is 5.23. The van der Waals surface area contributed by atoms with Gasteiger partial charge in [-0.1, -0.05) is 12.1 Å². The SMILES string of the molecule is CN1CCCN(C(=O)C2CCN(C(=O)c3ccco3)CC2)c2nc3ccccc3nc21. The number of aromatic nitrogens is 2. The second-order valence-electron chi connectivity index (χ2n) is 8.17. The Morgan fingerprint density at radius 3 is 2.32 bits per heavy atom. The van der Waals surface area contributed by atoms with Crippen molar-refractivity contribution in [2.75, 3.05) is 43.0 Å². The maximum atomic E-state index is 13.5. The number of hydrogen-bond acceptors (Lipinski definition) is 6. The maximum absolute atomic E-state index is 13.5. The van der Waals surface area contributed by atoms with E-state index in [4.69, 9.17) is 14.4 Å². The largest absolute Gasteiger partial charge is 0.459 e. The lowest BCUT2D eigenvalue weighted by atomic mass is 9.95. The third-order valence-corrected chi connectivity index (χ3v) is 6.16. The van der Waals surface area contributed by atoms with Gasteiger partial charge in [-0.25, -0.2) is 9.97 Å². The number of likely N-dealkylation sites (tertiary alicyclic amines) is 1. The van der Waals surface area contributed by atoms with Gasteiger partial charge in [-0.15, -0.1) is 0 Å². The van der Waals surface area contributed by atoms with Crippen LogP contribution in [0, 0.1) is 5.92 Å². The van der Waals surface area contributed by atoms with Crippen molar-refractivity contribution >= 4 is 34.5 Å². The van der Waals surface area contributed by atoms with Gasteiger partial charge in [-0.2, -0.15) is 0 Å². The van der Waals surface area contributed by atoms with Gasteiger partial charge in [0.25, 0.3) is 5.91 Å². The average Bonchev–Trinajstić information content (AvgIpc) is 3.30. The molecule has 0 saturated carbocycles. The zero-order valence-electron chi connectivity index (χ0n) is 17.5. The second-order valence-corrected chi connectivity index (χ2v) is 8.17. The highest BCUT2D eigenvalue weighted by Gasteiger charge is 2.34. The van der Waals surface area contributed by atoms with Crippen LogP contribution in [0.5, 0.6) is 0 Å². The molecule has 2 aliphatic rings. The van der Waals surface area contributed by atoms with Gasteiger partial charge < -0.3 is 14.2 Å². The van der Waals surface area contributed by atoms with Crippen LogP contribution in [0.2, 0.25) is 0 Å². The Bertz CT molecular complexity index is 1110. The molecule has 5 rings (SSSR count). The van der Waals surface area contributed by atoms with Crippen LogP contribution in [0.25, 0.3) is 11.0 Å². The number of amides is 2. The van der Waals surface area contributed by atoms with Gasteiger partial charge in [-0.05, 0) is 43.5 Å². The first-order valence-electron chi connectivity index (χ1n) is 10.7. The van der Waals surface area contributed by atoms with E-state index in [-0.39, 0.29) is 17.7 Å². The Morgan fingerprint density at radius 1 is 0.935 bits per heavy atom. The fourth-order valence-electron chi connectivity index (χ4n) is 4.42. The van der Waals surface area contributed by atoms with Gasteiger partial charge in [0, 0.05) is 39.1 Å². The van der Waals surface area contributed by atoms with Crippen molar-refractivity contribution < 1.29 is 14.0 Å². The first-order valence-corrected chi connectivity index (χ1v) is 10.7. The molecule has 8 nitrogen and oxygen atoms in total. The summed E-state index contributed by atoms with van der Waals surface area (Å²) in [6.07, 6.45) is 3.62. The summed E-state index contributed by atoms with van der Waals surface area (Å²) in [6.45, 7) is 2.52. The number of benzene rings is 1. The summed E-state index contributed by atoms with van der Waals surface area (Å²) in [6, 6.07) is 11.1. The minimum absolute atomic E-state index is 0.0752. The number of carbonyl (C=O) groups excluding carboxylic acids is 2. The van der Waals surface area contributed by atoms with Crippen molar-refractivity contribution in [3.63, 3.8) is 0 Å². The van der Waals surface area contributed by atoms with Crippen molar-refractivity contribution in [2.45, 2.75) is 19.3 Å². The monoisotopic (exact) mass is 419 g/mol. The number of piperidine rings is 1. The van der Waals surface area contributed by atoms with E-state index in [9.17, 15) is 9.59 Å². The van der Waals surface area contributed by atoms with E-state index in [1.165, 1.54) is 6.26 Å². The molecule has 160 valence electrons. The third kappa shape index (κ3) is 3.62. The highest BCUT2D eigenvalue weighted by atomic mass is 16.3. The number of rotatable bonds is 2. The molecule has 8 heteroatoms. The van der Waals surface area contributed by atoms with Gasteiger partial charge in [-0.3, -0.25) is 14.5 Å². The molecule has 0 bridgehead atoms. The number of anilines is 2. The Balaban J connectivity index is 1.37. The Labute approximate surface area is 180 Å². The topological polar surface area (TPSA) is 82.8 Å². The van der Waals surface area contributed by atoms with Crippen LogP contribution in [-0.4, -0.2) is 59.9 Å². The van der Waals surface area contributed by atoms with Gasteiger partial charge in [0.15, 0.2) is 17.4 Å². The van der Waals surface area contributed by atoms with E-state index in [2.05, 4.69) is 4.90 Å². The number of carbonyl (C=O) groups is 2. The van der Waals surface area contributed by atoms with E-state index < -0.39 is 0 Å². The van der Waals surface area contributed by atoms with Crippen LogP contribution in [0.1, 0.15) is 29.8 Å². The van der Waals surface area contributed by atoms with Crippen molar-refractivity contribution in [1.82, 2.24) is 14.9 Å². The molecule has 2 aliphatic heterocycles. The molecule has 1 fully saturated rings. The zero-order valence-corrected chi connectivity index (χ0v) is 17.5. The molecule has 0 unspecified atom stereocenters. The summed E-state index contributed by atoms with van der Waals surface area (Å²) in [7, 11) is 2.00. The molecule has 1 saturated heterocycles. The molecule has 1 aromatic carbocycles. The maximum Gasteiger partial charge on any atom is 0.289 e. The minimum Gasteiger partial charge on any atom is -0.459 e. The van der Waals surface area contributed by atoms with Crippen molar-refractivity contribution in [3.05, 3.63) is 48.4 Å². The summed E-state index contributed by atoms with van der Waals surface area (Å²) in [5.41, 5.74) is 1.61. The Kier molecular flexibility index (Phi) is 5.05. The summed E-state index contributed by atoms with van der Waals surface area (Å²) in [5.74, 6) is 1.55. The van der Waals surface area contributed by atoms with Gasteiger partial charge in [0.1, 0.15) is 0 Å². The standard InChI is InChI=1S/C23H25N5O3/c1-26-11-5-12-28(21-20(26)24-17-6-2-3-7-18(17)25-21)22(29)16-9-13-27(14-10-16)23(30)19-8-4-15-31-19/h2-4,6-8,15-16H,5,9-14H2,1H3. The lowest BCUT2D eigenvalue weighted by Gasteiger charge is -2.33. The minimum atomic E-state index is -0.134. The van der Waals surface area contributed by atoms with Crippen molar-refractivity contribution in [3.8, 4) is 0 Å². The van der Waals surface area contributed by atoms with Crippen LogP contribution in [0.4, 0.5) is 11.6 Å². The molecule has 0 aliphatic carbocycles. The van der Waals surface area contributed by atoms with E-state index >= 15 is 0 Å². The van der Waals surface area contributed by atoms with Crippen molar-refractivity contribution in [1.29, 1.82) is 0 Å². The highest BCUT2D eigenvalue weighted by molar-refractivity contribution is 5.98. The number of nitrogens with zero attached hydrogens (tertiary/aromatic N) is 5. The van der Waals surface area contributed by atoms with E-state index in [1.54, 1.807) is 17.0 Å². The molecular weight excluding hydrogens is 394 g/mol. The van der Waals surface area contributed by atoms with Gasteiger partial charge in [0.05, 0.1) is 17.3 Å². The molecule has 3 aromatic rings. The highest BCUT2D eigenvalue weighted by Crippen LogP contribution is 2.32. The lowest BCUT2D eigenvalue weighted by molar-refractivity contribution is -0.123. The van der Waals surface area contributed by atoms with E-state index in [1.807, 2.05) is 36.2 Å². The summed E-state index contributed by atoms with van der Waals surface area (Å²) >= 11 is 0. The molecule has 2 amide bonds. The predicted molar refractivity (Wildman–Crippen MR) is 117 cm³/mol. The molecule has 4 heterocycles. The molecule has 0 N–H and O–H groups in total. The Morgan fingerprint density at radius 2 is 1.65 bits per heavy atom. The fraction of sp³-hybridized carbons (Fsp3) is 0.391. The molecule has 0 radical (unpaired) electrons. The molecular formula is C23H25N5O3. The molecule has 2 aromatic heterocycles. The number of para-hydroxylation sites is 2.